The van der Waals surface area contributed by atoms with Gasteiger partial charge in [0, 0.05) is 10.0 Å². The molecule has 0 aliphatic carbocycles. The quantitative estimate of drug-likeness (QED) is 0.787. The number of esters is 1. The number of hydrogen-bond acceptors (Lipinski definition) is 6. The van der Waals surface area contributed by atoms with Gasteiger partial charge in [-0.3, -0.25) is 0 Å². The molecular formula is C14H16BrN3O4. The Kier molecular flexibility index (Phi) is 5.37. The van der Waals surface area contributed by atoms with E-state index in [0.29, 0.717) is 33.8 Å². The summed E-state index contributed by atoms with van der Waals surface area (Å²) in [6, 6.07) is 3.50. The van der Waals surface area contributed by atoms with Crippen LogP contribution in [-0.2, 0) is 4.74 Å². The fourth-order valence-electron chi connectivity index (χ4n) is 1.90. The normalized spacial score (nSPS) is 10.4. The molecule has 2 rings (SSSR count). The molecular weight excluding hydrogens is 354 g/mol. The number of methoxy groups -OCH3 is 1. The summed E-state index contributed by atoms with van der Waals surface area (Å²) in [4.78, 5) is 11.9. The summed E-state index contributed by atoms with van der Waals surface area (Å²) in [7, 11) is 1.56. The number of H-pyrrole nitrogens is 1. The number of rotatable bonds is 6. The lowest BCUT2D eigenvalue weighted by atomic mass is 10.1. The molecule has 2 aromatic rings. The Bertz CT molecular complexity index is 672. The van der Waals surface area contributed by atoms with Crippen LogP contribution in [0.15, 0.2) is 16.6 Å². The highest BCUT2D eigenvalue weighted by Gasteiger charge is 2.22. The molecule has 0 aliphatic heterocycles. The van der Waals surface area contributed by atoms with Crippen molar-refractivity contribution >= 4 is 21.9 Å². The van der Waals surface area contributed by atoms with E-state index in [1.807, 2.05) is 6.92 Å². The first-order valence-electron chi connectivity index (χ1n) is 6.70. The van der Waals surface area contributed by atoms with E-state index in [4.69, 9.17) is 14.2 Å². The molecule has 0 saturated carbocycles. The smallest absolute Gasteiger partial charge is 0.361 e. The van der Waals surface area contributed by atoms with Gasteiger partial charge in [0.05, 0.1) is 20.3 Å². The minimum Gasteiger partial charge on any atom is -0.493 e. The summed E-state index contributed by atoms with van der Waals surface area (Å²) in [5.41, 5.74) is 1.16. The molecule has 7 nitrogen and oxygen atoms in total. The summed E-state index contributed by atoms with van der Waals surface area (Å²) >= 11 is 3.45. The van der Waals surface area contributed by atoms with E-state index in [1.165, 1.54) is 0 Å². The van der Waals surface area contributed by atoms with Crippen LogP contribution in [0.3, 0.4) is 0 Å². The van der Waals surface area contributed by atoms with Crippen molar-refractivity contribution in [1.82, 2.24) is 15.4 Å². The third-order valence-corrected chi connectivity index (χ3v) is 3.48. The zero-order chi connectivity index (χ0) is 16.1. The van der Waals surface area contributed by atoms with Crippen LogP contribution in [0.2, 0.25) is 0 Å². The first-order chi connectivity index (χ1) is 10.6. The van der Waals surface area contributed by atoms with Crippen molar-refractivity contribution in [2.75, 3.05) is 20.3 Å². The summed E-state index contributed by atoms with van der Waals surface area (Å²) in [6.45, 7) is 4.36. The number of ether oxygens (including phenoxy) is 3. The van der Waals surface area contributed by atoms with Crippen molar-refractivity contribution in [1.29, 1.82) is 0 Å². The monoisotopic (exact) mass is 369 g/mol. The molecule has 0 spiro atoms. The second-order valence-corrected chi connectivity index (χ2v) is 5.01. The van der Waals surface area contributed by atoms with Gasteiger partial charge in [-0.25, -0.2) is 4.79 Å². The second kappa shape index (κ2) is 7.26. The zero-order valence-electron chi connectivity index (χ0n) is 12.5. The van der Waals surface area contributed by atoms with Crippen LogP contribution in [0.1, 0.15) is 24.3 Å². The average Bonchev–Trinajstić information content (AvgIpc) is 2.98. The first kappa shape index (κ1) is 16.3. The Balaban J connectivity index is 2.51. The number of hydrogen-bond donors (Lipinski definition) is 1. The minimum absolute atomic E-state index is 0.121. The maximum Gasteiger partial charge on any atom is 0.361 e. The minimum atomic E-state index is -0.535. The van der Waals surface area contributed by atoms with Crippen molar-refractivity contribution in [3.05, 3.63) is 22.3 Å². The summed E-state index contributed by atoms with van der Waals surface area (Å²) < 4.78 is 16.5. The van der Waals surface area contributed by atoms with E-state index in [9.17, 15) is 4.79 Å². The van der Waals surface area contributed by atoms with Gasteiger partial charge in [-0.2, -0.15) is 10.3 Å². The van der Waals surface area contributed by atoms with Crippen molar-refractivity contribution in [3.63, 3.8) is 0 Å². The molecule has 22 heavy (non-hydrogen) atoms. The molecule has 1 heterocycles. The van der Waals surface area contributed by atoms with Gasteiger partial charge in [0.25, 0.3) is 0 Å². The van der Waals surface area contributed by atoms with E-state index >= 15 is 0 Å². The Morgan fingerprint density at radius 2 is 2.00 bits per heavy atom. The highest BCUT2D eigenvalue weighted by Crippen LogP contribution is 2.38. The van der Waals surface area contributed by atoms with Crippen molar-refractivity contribution < 1.29 is 19.0 Å². The molecule has 0 unspecified atom stereocenters. The van der Waals surface area contributed by atoms with Gasteiger partial charge in [-0.05, 0) is 41.9 Å². The Morgan fingerprint density at radius 3 is 2.64 bits per heavy atom. The van der Waals surface area contributed by atoms with Crippen molar-refractivity contribution in [3.8, 4) is 22.8 Å². The molecule has 0 amide bonds. The zero-order valence-corrected chi connectivity index (χ0v) is 14.1. The third-order valence-electron chi connectivity index (χ3n) is 2.82. The van der Waals surface area contributed by atoms with Crippen LogP contribution in [-0.4, -0.2) is 41.7 Å². The first-order valence-corrected chi connectivity index (χ1v) is 7.50. The van der Waals surface area contributed by atoms with Crippen LogP contribution in [0.4, 0.5) is 0 Å². The Morgan fingerprint density at radius 1 is 1.23 bits per heavy atom. The van der Waals surface area contributed by atoms with Crippen molar-refractivity contribution in [2.24, 2.45) is 0 Å². The molecule has 8 heteroatoms. The molecule has 0 radical (unpaired) electrons. The van der Waals surface area contributed by atoms with Crippen LogP contribution in [0, 0.1) is 0 Å². The predicted octanol–water partition coefficient (Wildman–Crippen LogP) is 2.82. The molecule has 1 aromatic carbocycles. The molecule has 0 bridgehead atoms. The maximum atomic E-state index is 11.9. The van der Waals surface area contributed by atoms with E-state index in [-0.39, 0.29) is 12.3 Å². The van der Waals surface area contributed by atoms with Gasteiger partial charge in [0.15, 0.2) is 17.2 Å². The molecule has 118 valence electrons. The Hall–Kier alpha value is -2.09. The number of aromatic nitrogens is 3. The largest absolute Gasteiger partial charge is 0.493 e. The number of nitrogens with zero attached hydrogens (tertiary/aromatic N) is 2. The lowest BCUT2D eigenvalue weighted by Crippen LogP contribution is -2.07. The average molecular weight is 370 g/mol. The van der Waals surface area contributed by atoms with Crippen molar-refractivity contribution in [2.45, 2.75) is 13.8 Å². The SMILES string of the molecule is CCOC(=O)c1n[nH]nc1-c1cc(OCC)c(OC)cc1Br. The van der Waals surface area contributed by atoms with E-state index in [2.05, 4.69) is 31.3 Å². The topological polar surface area (TPSA) is 86.3 Å². The molecule has 0 aliphatic rings. The molecule has 1 aromatic heterocycles. The summed E-state index contributed by atoms with van der Waals surface area (Å²) in [6.07, 6.45) is 0. The maximum absolute atomic E-state index is 11.9. The van der Waals surface area contributed by atoms with Gasteiger partial charge >= 0.3 is 5.97 Å². The van der Waals surface area contributed by atoms with Crippen LogP contribution >= 0.6 is 15.9 Å². The number of carbonyl (C=O) groups excluding carboxylic acids is 1. The molecule has 0 saturated heterocycles. The summed E-state index contributed by atoms with van der Waals surface area (Å²) in [5, 5.41) is 10.4. The number of halogens is 1. The molecule has 1 N–H and O–H groups in total. The highest BCUT2D eigenvalue weighted by molar-refractivity contribution is 9.10. The van der Waals surface area contributed by atoms with Gasteiger partial charge in [-0.1, -0.05) is 0 Å². The van der Waals surface area contributed by atoms with Crippen LogP contribution in [0.5, 0.6) is 11.5 Å². The van der Waals surface area contributed by atoms with Gasteiger partial charge in [0.2, 0.25) is 0 Å². The standard InChI is InChI=1S/C14H16BrN3O4/c1-4-21-11-6-8(9(15)7-10(11)20-3)12-13(17-18-16-12)14(19)22-5-2/h6-7H,4-5H2,1-3H3,(H,16,17,18). The third kappa shape index (κ3) is 3.22. The highest BCUT2D eigenvalue weighted by atomic mass is 79.9. The Labute approximate surface area is 136 Å². The lowest BCUT2D eigenvalue weighted by molar-refractivity contribution is 0.0520. The van der Waals surface area contributed by atoms with Gasteiger partial charge in [0.1, 0.15) is 5.69 Å². The lowest BCUT2D eigenvalue weighted by Gasteiger charge is -2.12. The fourth-order valence-corrected chi connectivity index (χ4v) is 2.42. The van der Waals surface area contributed by atoms with Gasteiger partial charge in [-0.15, -0.1) is 5.10 Å². The van der Waals surface area contributed by atoms with Crippen LogP contribution in [0.25, 0.3) is 11.3 Å². The summed E-state index contributed by atoms with van der Waals surface area (Å²) in [5.74, 6) is 0.603. The van der Waals surface area contributed by atoms with E-state index in [1.54, 1.807) is 26.2 Å². The number of aromatic amines is 1. The molecule has 0 fully saturated rings. The predicted molar refractivity (Wildman–Crippen MR) is 83.2 cm³/mol. The number of nitrogens with one attached hydrogen (secondary N) is 1. The van der Waals surface area contributed by atoms with E-state index < -0.39 is 5.97 Å². The fraction of sp³-hybridized carbons (Fsp3) is 0.357. The molecule has 0 atom stereocenters. The van der Waals surface area contributed by atoms with Gasteiger partial charge < -0.3 is 14.2 Å². The number of benzene rings is 1. The van der Waals surface area contributed by atoms with Crippen LogP contribution < -0.4 is 9.47 Å². The van der Waals surface area contributed by atoms with E-state index in [0.717, 1.165) is 0 Å². The second-order valence-electron chi connectivity index (χ2n) is 4.16. The number of carbonyl (C=O) groups is 1.